The number of rotatable bonds is 5. The van der Waals surface area contributed by atoms with Crippen molar-refractivity contribution >= 4 is 16.5 Å². The minimum Gasteiger partial charge on any atom is -0.383 e. The molecular weight excluding hydrogens is 232 g/mol. The van der Waals surface area contributed by atoms with Crippen LogP contribution in [0.4, 0.5) is 5.13 Å². The van der Waals surface area contributed by atoms with Crippen LogP contribution in [0.25, 0.3) is 10.4 Å². The van der Waals surface area contributed by atoms with E-state index in [1.807, 2.05) is 25.1 Å². The van der Waals surface area contributed by atoms with Gasteiger partial charge in [0.2, 0.25) is 0 Å². The van der Waals surface area contributed by atoms with E-state index in [4.69, 9.17) is 4.74 Å². The summed E-state index contributed by atoms with van der Waals surface area (Å²) in [7, 11) is 1.70. The molecule has 0 aliphatic carbocycles. The van der Waals surface area contributed by atoms with Gasteiger partial charge in [-0.05, 0) is 12.5 Å². The zero-order valence-electron chi connectivity index (χ0n) is 10.1. The van der Waals surface area contributed by atoms with Crippen LogP contribution in [0.1, 0.15) is 5.69 Å². The number of aromatic nitrogens is 1. The Kier molecular flexibility index (Phi) is 4.12. The Hall–Kier alpha value is -1.39. The molecule has 0 atom stereocenters. The van der Waals surface area contributed by atoms with E-state index in [0.717, 1.165) is 17.4 Å². The molecule has 2 rings (SSSR count). The first-order chi connectivity index (χ1) is 8.31. The largest absolute Gasteiger partial charge is 0.383 e. The predicted octanol–water partition coefficient (Wildman–Crippen LogP) is 3.18. The molecule has 0 bridgehead atoms. The van der Waals surface area contributed by atoms with Gasteiger partial charge < -0.3 is 10.1 Å². The van der Waals surface area contributed by atoms with Crippen molar-refractivity contribution in [3.8, 4) is 10.4 Å². The maximum atomic E-state index is 5.00. The molecule has 0 aliphatic heterocycles. The maximum absolute atomic E-state index is 5.00. The normalized spacial score (nSPS) is 10.5. The molecule has 17 heavy (non-hydrogen) atoms. The highest BCUT2D eigenvalue weighted by Gasteiger charge is 2.08. The van der Waals surface area contributed by atoms with Crippen LogP contribution in [0, 0.1) is 6.92 Å². The number of hydrogen-bond acceptors (Lipinski definition) is 4. The second kappa shape index (κ2) is 5.80. The van der Waals surface area contributed by atoms with Crippen LogP contribution in [0.3, 0.4) is 0 Å². The van der Waals surface area contributed by atoms with Gasteiger partial charge in [-0.25, -0.2) is 4.98 Å². The van der Waals surface area contributed by atoms with Gasteiger partial charge in [0, 0.05) is 13.7 Å². The fraction of sp³-hybridized carbons (Fsp3) is 0.308. The van der Waals surface area contributed by atoms with Gasteiger partial charge in [-0.15, -0.1) is 0 Å². The van der Waals surface area contributed by atoms with Crippen LogP contribution in [0.5, 0.6) is 0 Å². The third-order valence-corrected chi connectivity index (χ3v) is 3.58. The quantitative estimate of drug-likeness (QED) is 0.825. The highest BCUT2D eigenvalue weighted by Crippen LogP contribution is 2.32. The van der Waals surface area contributed by atoms with Crippen molar-refractivity contribution in [2.45, 2.75) is 6.92 Å². The summed E-state index contributed by atoms with van der Waals surface area (Å²) in [6.07, 6.45) is 0. The summed E-state index contributed by atoms with van der Waals surface area (Å²) in [5, 5.41) is 4.22. The van der Waals surface area contributed by atoms with Crippen molar-refractivity contribution in [2.24, 2.45) is 0 Å². The van der Waals surface area contributed by atoms with Crippen molar-refractivity contribution < 1.29 is 4.74 Å². The van der Waals surface area contributed by atoms with E-state index in [2.05, 4.69) is 22.4 Å². The fourth-order valence-electron chi connectivity index (χ4n) is 1.59. The molecule has 0 fully saturated rings. The third kappa shape index (κ3) is 3.05. The Labute approximate surface area is 105 Å². The maximum Gasteiger partial charge on any atom is 0.183 e. The average molecular weight is 248 g/mol. The Morgan fingerprint density at radius 3 is 2.76 bits per heavy atom. The number of hydrogen-bond donors (Lipinski definition) is 1. The lowest BCUT2D eigenvalue weighted by Gasteiger charge is -1.99. The van der Waals surface area contributed by atoms with Gasteiger partial charge in [0.05, 0.1) is 17.2 Å². The summed E-state index contributed by atoms with van der Waals surface area (Å²) in [6.45, 7) is 3.53. The van der Waals surface area contributed by atoms with Crippen LogP contribution >= 0.6 is 11.3 Å². The molecule has 0 amide bonds. The smallest absolute Gasteiger partial charge is 0.183 e. The zero-order chi connectivity index (χ0) is 12.1. The standard InChI is InChI=1S/C13H16N2OS/c1-10-12(11-6-4-3-5-7-11)17-13(15-10)14-8-9-16-2/h3-7H,8-9H2,1-2H3,(H,14,15). The van der Waals surface area contributed by atoms with E-state index < -0.39 is 0 Å². The highest BCUT2D eigenvalue weighted by molar-refractivity contribution is 7.19. The lowest BCUT2D eigenvalue weighted by atomic mass is 10.2. The van der Waals surface area contributed by atoms with Gasteiger partial charge in [-0.1, -0.05) is 41.7 Å². The van der Waals surface area contributed by atoms with Gasteiger partial charge in [0.25, 0.3) is 0 Å². The number of ether oxygens (including phenoxy) is 1. The van der Waals surface area contributed by atoms with Gasteiger partial charge in [0.15, 0.2) is 5.13 Å². The highest BCUT2D eigenvalue weighted by atomic mass is 32.1. The minimum atomic E-state index is 0.694. The summed E-state index contributed by atoms with van der Waals surface area (Å²) in [6, 6.07) is 10.3. The number of aryl methyl sites for hydroxylation is 1. The van der Waals surface area contributed by atoms with Crippen LogP contribution in [0.2, 0.25) is 0 Å². The number of nitrogens with zero attached hydrogens (tertiary/aromatic N) is 1. The van der Waals surface area contributed by atoms with E-state index in [0.29, 0.717) is 6.61 Å². The Morgan fingerprint density at radius 2 is 2.06 bits per heavy atom. The van der Waals surface area contributed by atoms with Crippen molar-refractivity contribution in [1.82, 2.24) is 4.98 Å². The molecule has 0 saturated carbocycles. The predicted molar refractivity (Wildman–Crippen MR) is 72.7 cm³/mol. The number of benzene rings is 1. The summed E-state index contributed by atoms with van der Waals surface area (Å²) >= 11 is 1.69. The zero-order valence-corrected chi connectivity index (χ0v) is 10.9. The lowest BCUT2D eigenvalue weighted by molar-refractivity contribution is 0.211. The first-order valence-electron chi connectivity index (χ1n) is 5.57. The second-order valence-electron chi connectivity index (χ2n) is 3.72. The number of nitrogens with one attached hydrogen (secondary N) is 1. The van der Waals surface area contributed by atoms with E-state index in [1.165, 1.54) is 10.4 Å². The van der Waals surface area contributed by atoms with Crippen molar-refractivity contribution in [1.29, 1.82) is 0 Å². The van der Waals surface area contributed by atoms with Gasteiger partial charge in [-0.3, -0.25) is 0 Å². The summed E-state index contributed by atoms with van der Waals surface area (Å²) in [5.74, 6) is 0. The molecule has 1 heterocycles. The van der Waals surface area contributed by atoms with E-state index in [-0.39, 0.29) is 0 Å². The number of anilines is 1. The third-order valence-electron chi connectivity index (χ3n) is 2.41. The van der Waals surface area contributed by atoms with Crippen LogP contribution in [-0.2, 0) is 4.74 Å². The summed E-state index contributed by atoms with van der Waals surface area (Å²) in [4.78, 5) is 5.74. The van der Waals surface area contributed by atoms with Crippen LogP contribution < -0.4 is 5.32 Å². The Morgan fingerprint density at radius 1 is 1.29 bits per heavy atom. The Balaban J connectivity index is 2.14. The molecule has 2 aromatic rings. The lowest BCUT2D eigenvalue weighted by Crippen LogP contribution is -2.06. The number of thiazole rings is 1. The molecule has 0 unspecified atom stereocenters. The molecule has 0 saturated heterocycles. The van der Waals surface area contributed by atoms with Crippen molar-refractivity contribution in [3.05, 3.63) is 36.0 Å². The molecule has 4 heteroatoms. The molecule has 1 aromatic carbocycles. The minimum absolute atomic E-state index is 0.694. The van der Waals surface area contributed by atoms with E-state index >= 15 is 0 Å². The van der Waals surface area contributed by atoms with E-state index in [9.17, 15) is 0 Å². The SMILES string of the molecule is COCCNc1nc(C)c(-c2ccccc2)s1. The van der Waals surface area contributed by atoms with Crippen LogP contribution in [-0.4, -0.2) is 25.2 Å². The molecule has 90 valence electrons. The molecule has 0 aliphatic rings. The average Bonchev–Trinajstić information content (AvgIpc) is 2.72. The molecule has 3 nitrogen and oxygen atoms in total. The molecule has 1 N–H and O–H groups in total. The molecular formula is C13H16N2OS. The number of methoxy groups -OCH3 is 1. The van der Waals surface area contributed by atoms with Crippen LogP contribution in [0.15, 0.2) is 30.3 Å². The first kappa shape index (κ1) is 12.1. The molecule has 1 aromatic heterocycles. The van der Waals surface area contributed by atoms with E-state index in [1.54, 1.807) is 18.4 Å². The van der Waals surface area contributed by atoms with Crippen molar-refractivity contribution in [3.63, 3.8) is 0 Å². The summed E-state index contributed by atoms with van der Waals surface area (Å²) in [5.41, 5.74) is 2.29. The fourth-order valence-corrected chi connectivity index (χ4v) is 2.59. The van der Waals surface area contributed by atoms with Gasteiger partial charge in [0.1, 0.15) is 0 Å². The summed E-state index contributed by atoms with van der Waals surface area (Å²) < 4.78 is 5.00. The monoisotopic (exact) mass is 248 g/mol. The first-order valence-corrected chi connectivity index (χ1v) is 6.38. The van der Waals surface area contributed by atoms with Gasteiger partial charge >= 0.3 is 0 Å². The molecule has 0 radical (unpaired) electrons. The van der Waals surface area contributed by atoms with Crippen molar-refractivity contribution in [2.75, 3.05) is 25.6 Å². The topological polar surface area (TPSA) is 34.1 Å². The Bertz CT molecular complexity index is 468. The second-order valence-corrected chi connectivity index (χ2v) is 4.72. The molecule has 0 spiro atoms. The van der Waals surface area contributed by atoms with Gasteiger partial charge in [-0.2, -0.15) is 0 Å².